The third-order valence-electron chi connectivity index (χ3n) is 6.12. The van der Waals surface area contributed by atoms with Crippen LogP contribution in [0.5, 0.6) is 0 Å². The second kappa shape index (κ2) is 8.59. The molecule has 0 spiro atoms. The maximum atomic E-state index is 13.4. The lowest BCUT2D eigenvalue weighted by atomic mass is 9.92. The van der Waals surface area contributed by atoms with Crippen LogP contribution < -0.4 is 10.2 Å². The topological polar surface area (TPSA) is 71.3 Å². The van der Waals surface area contributed by atoms with Crippen molar-refractivity contribution in [1.82, 2.24) is 15.5 Å². The first-order valence-electron chi connectivity index (χ1n) is 11.0. The molecule has 170 valence electrons. The van der Waals surface area contributed by atoms with E-state index >= 15 is 0 Å². The minimum atomic E-state index is -0.478. The quantitative estimate of drug-likeness (QED) is 0.399. The van der Waals surface area contributed by atoms with Gasteiger partial charge in [-0.15, -0.1) is 0 Å². The normalized spacial score (nSPS) is 16.1. The molecule has 1 atom stereocenters. The molecule has 0 saturated heterocycles. The number of rotatable bonds is 4. The van der Waals surface area contributed by atoms with E-state index < -0.39 is 6.04 Å². The van der Waals surface area contributed by atoms with Gasteiger partial charge >= 0.3 is 6.03 Å². The number of para-hydroxylation sites is 1. The number of carbonyl (C=O) groups excluding carboxylic acids is 1. The van der Waals surface area contributed by atoms with E-state index in [2.05, 4.69) is 21.5 Å². The largest absolute Gasteiger partial charge is 0.334 e. The molecule has 0 saturated carbocycles. The SMILES string of the molecule is CC1=C(c2nc(-c3ccc(F)cc3)no2)C(c2ccc(C)c(C)c2)NC(=O)N1c1ccccc1. The van der Waals surface area contributed by atoms with Gasteiger partial charge in [0.15, 0.2) is 0 Å². The van der Waals surface area contributed by atoms with Crippen LogP contribution >= 0.6 is 0 Å². The van der Waals surface area contributed by atoms with Crippen LogP contribution in [0.3, 0.4) is 0 Å². The van der Waals surface area contributed by atoms with Crippen molar-refractivity contribution in [1.29, 1.82) is 0 Å². The summed E-state index contributed by atoms with van der Waals surface area (Å²) in [5.41, 5.74) is 5.95. The highest BCUT2D eigenvalue weighted by Crippen LogP contribution is 2.39. The Hall–Kier alpha value is -4.26. The molecule has 0 fully saturated rings. The number of nitrogens with one attached hydrogen (secondary N) is 1. The number of hydrogen-bond acceptors (Lipinski definition) is 4. The van der Waals surface area contributed by atoms with Gasteiger partial charge in [-0.05, 0) is 73.9 Å². The number of amides is 2. The van der Waals surface area contributed by atoms with Gasteiger partial charge in [0.25, 0.3) is 5.89 Å². The van der Waals surface area contributed by atoms with E-state index in [0.717, 1.165) is 22.4 Å². The Balaban J connectivity index is 1.66. The molecular formula is C27H23FN4O2. The van der Waals surface area contributed by atoms with Crippen molar-refractivity contribution in [2.45, 2.75) is 26.8 Å². The van der Waals surface area contributed by atoms with Gasteiger partial charge in [-0.3, -0.25) is 4.90 Å². The van der Waals surface area contributed by atoms with Crippen molar-refractivity contribution >= 4 is 17.3 Å². The molecule has 1 aromatic heterocycles. The lowest BCUT2D eigenvalue weighted by molar-refractivity contribution is 0.244. The van der Waals surface area contributed by atoms with Crippen molar-refractivity contribution in [2.75, 3.05) is 4.90 Å². The molecule has 2 amide bonds. The maximum absolute atomic E-state index is 13.4. The second-order valence-electron chi connectivity index (χ2n) is 8.33. The van der Waals surface area contributed by atoms with Gasteiger partial charge in [-0.2, -0.15) is 4.98 Å². The summed E-state index contributed by atoms with van der Waals surface area (Å²) in [7, 11) is 0. The number of hydrogen-bond donors (Lipinski definition) is 1. The third-order valence-corrected chi connectivity index (χ3v) is 6.12. The van der Waals surface area contributed by atoms with Crippen LogP contribution in [0.2, 0.25) is 0 Å². The van der Waals surface area contributed by atoms with E-state index in [4.69, 9.17) is 4.52 Å². The van der Waals surface area contributed by atoms with E-state index in [1.807, 2.05) is 63.2 Å². The summed E-state index contributed by atoms with van der Waals surface area (Å²) in [6, 6.07) is 20.7. The predicted molar refractivity (Wildman–Crippen MR) is 128 cm³/mol. The van der Waals surface area contributed by atoms with Gasteiger partial charge in [0.1, 0.15) is 5.82 Å². The monoisotopic (exact) mass is 454 g/mol. The molecule has 1 aliphatic rings. The Labute approximate surface area is 196 Å². The molecule has 34 heavy (non-hydrogen) atoms. The summed E-state index contributed by atoms with van der Waals surface area (Å²) in [6.07, 6.45) is 0. The van der Waals surface area contributed by atoms with Gasteiger partial charge in [-0.1, -0.05) is 41.6 Å². The number of benzene rings is 3. The minimum absolute atomic E-state index is 0.242. The van der Waals surface area contributed by atoms with E-state index in [1.54, 1.807) is 17.0 Å². The number of aryl methyl sites for hydroxylation is 2. The molecular weight excluding hydrogens is 431 g/mol. The molecule has 1 aliphatic heterocycles. The second-order valence-corrected chi connectivity index (χ2v) is 8.33. The van der Waals surface area contributed by atoms with Crippen LogP contribution in [-0.4, -0.2) is 16.2 Å². The molecule has 3 aromatic carbocycles. The van der Waals surface area contributed by atoms with Gasteiger partial charge < -0.3 is 9.84 Å². The maximum Gasteiger partial charge on any atom is 0.326 e. The van der Waals surface area contributed by atoms with E-state index in [9.17, 15) is 9.18 Å². The summed E-state index contributed by atoms with van der Waals surface area (Å²) in [4.78, 5) is 19.5. The highest BCUT2D eigenvalue weighted by atomic mass is 19.1. The molecule has 7 heteroatoms. The Morgan fingerprint density at radius 1 is 0.941 bits per heavy atom. The number of allylic oxidation sites excluding steroid dienone is 1. The smallest absolute Gasteiger partial charge is 0.326 e. The van der Waals surface area contributed by atoms with Crippen molar-refractivity contribution in [2.24, 2.45) is 0 Å². The first-order valence-corrected chi connectivity index (χ1v) is 11.0. The van der Waals surface area contributed by atoms with E-state index in [-0.39, 0.29) is 11.8 Å². The van der Waals surface area contributed by atoms with Crippen molar-refractivity contribution < 1.29 is 13.7 Å². The zero-order chi connectivity index (χ0) is 23.8. The standard InChI is InChI=1S/C27H23FN4O2/c1-16-9-10-20(15-17(16)2)24-23(18(3)32(27(33)29-24)22-7-5-4-6-8-22)26-30-25(31-34-26)19-11-13-21(28)14-12-19/h4-15,24H,1-3H3,(H,29,33). The molecule has 1 unspecified atom stereocenters. The van der Waals surface area contributed by atoms with Crippen molar-refractivity contribution in [3.63, 3.8) is 0 Å². The van der Waals surface area contributed by atoms with Crippen molar-refractivity contribution in [3.8, 4) is 11.4 Å². The fourth-order valence-electron chi connectivity index (χ4n) is 4.15. The van der Waals surface area contributed by atoms with Crippen LogP contribution in [0.15, 0.2) is 83.0 Å². The number of halogens is 1. The number of urea groups is 1. The number of aromatic nitrogens is 2. The van der Waals surface area contributed by atoms with Crippen LogP contribution in [-0.2, 0) is 0 Å². The minimum Gasteiger partial charge on any atom is -0.334 e. The highest BCUT2D eigenvalue weighted by molar-refractivity contribution is 6.01. The molecule has 6 nitrogen and oxygen atoms in total. The fraction of sp³-hybridized carbons (Fsp3) is 0.148. The van der Waals surface area contributed by atoms with Crippen LogP contribution in [0, 0.1) is 19.7 Å². The van der Waals surface area contributed by atoms with Gasteiger partial charge in [0.05, 0.1) is 17.3 Å². The molecule has 2 heterocycles. The number of anilines is 1. The predicted octanol–water partition coefficient (Wildman–Crippen LogP) is 6.19. The Kier molecular flexibility index (Phi) is 5.45. The number of carbonyl (C=O) groups is 1. The average molecular weight is 455 g/mol. The summed E-state index contributed by atoms with van der Waals surface area (Å²) < 4.78 is 19.1. The summed E-state index contributed by atoms with van der Waals surface area (Å²) in [5.74, 6) is 0.299. The molecule has 5 rings (SSSR count). The summed E-state index contributed by atoms with van der Waals surface area (Å²) >= 11 is 0. The third kappa shape index (κ3) is 3.85. The van der Waals surface area contributed by atoms with Crippen LogP contribution in [0.1, 0.15) is 35.5 Å². The Morgan fingerprint density at radius 2 is 1.68 bits per heavy atom. The highest BCUT2D eigenvalue weighted by Gasteiger charge is 2.36. The molecule has 1 N–H and O–H groups in total. The summed E-state index contributed by atoms with van der Waals surface area (Å²) in [5, 5.41) is 7.24. The molecule has 0 radical (unpaired) electrons. The summed E-state index contributed by atoms with van der Waals surface area (Å²) in [6.45, 7) is 5.96. The lowest BCUT2D eigenvalue weighted by Crippen LogP contribution is -2.46. The van der Waals surface area contributed by atoms with E-state index in [0.29, 0.717) is 28.5 Å². The Bertz CT molecular complexity index is 1390. The zero-order valence-electron chi connectivity index (χ0n) is 19.0. The Morgan fingerprint density at radius 3 is 2.38 bits per heavy atom. The zero-order valence-corrected chi connectivity index (χ0v) is 19.0. The lowest BCUT2D eigenvalue weighted by Gasteiger charge is -2.35. The first-order chi connectivity index (χ1) is 16.4. The average Bonchev–Trinajstić information content (AvgIpc) is 3.31. The van der Waals surface area contributed by atoms with Crippen LogP contribution in [0.25, 0.3) is 17.0 Å². The van der Waals surface area contributed by atoms with Crippen LogP contribution in [0.4, 0.5) is 14.9 Å². The van der Waals surface area contributed by atoms with Gasteiger partial charge in [0.2, 0.25) is 5.82 Å². The number of nitrogens with zero attached hydrogens (tertiary/aromatic N) is 3. The van der Waals surface area contributed by atoms with E-state index in [1.165, 1.54) is 12.1 Å². The molecule has 0 aliphatic carbocycles. The first kappa shape index (κ1) is 21.6. The fourth-order valence-corrected chi connectivity index (χ4v) is 4.15. The van der Waals surface area contributed by atoms with Gasteiger partial charge in [0, 0.05) is 11.3 Å². The van der Waals surface area contributed by atoms with Gasteiger partial charge in [-0.25, -0.2) is 9.18 Å². The molecule has 4 aromatic rings. The molecule has 0 bridgehead atoms. The van der Waals surface area contributed by atoms with Crippen molar-refractivity contribution in [3.05, 3.63) is 107 Å².